The van der Waals surface area contributed by atoms with Crippen LogP contribution in [0.15, 0.2) is 12.3 Å². The molecule has 2 rings (SSSR count). The van der Waals surface area contributed by atoms with E-state index in [0.29, 0.717) is 0 Å². The Morgan fingerprint density at radius 1 is 1.50 bits per heavy atom. The van der Waals surface area contributed by atoms with Gasteiger partial charge in [0.2, 0.25) is 0 Å². The van der Waals surface area contributed by atoms with E-state index in [1.165, 1.54) is 37.1 Å². The molecule has 0 saturated heterocycles. The van der Waals surface area contributed by atoms with Gasteiger partial charge in [-0.2, -0.15) is 0 Å². The molecule has 1 aromatic rings. The van der Waals surface area contributed by atoms with E-state index >= 15 is 0 Å². The third-order valence-corrected chi connectivity index (χ3v) is 3.24. The lowest BCUT2D eigenvalue weighted by atomic mass is 9.98. The van der Waals surface area contributed by atoms with Crippen LogP contribution in [0, 0.1) is 0 Å². The van der Waals surface area contributed by atoms with Crippen molar-refractivity contribution >= 4 is 0 Å². The van der Waals surface area contributed by atoms with E-state index in [1.807, 2.05) is 0 Å². The van der Waals surface area contributed by atoms with Crippen LogP contribution in [0.4, 0.5) is 0 Å². The summed E-state index contributed by atoms with van der Waals surface area (Å²) in [7, 11) is 0. The molecular weight excluding hydrogens is 172 g/mol. The molecule has 0 aromatic carbocycles. The molecule has 1 aliphatic heterocycles. The summed E-state index contributed by atoms with van der Waals surface area (Å²) in [4.78, 5) is 5.98. The van der Waals surface area contributed by atoms with Gasteiger partial charge in [0.1, 0.15) is 0 Å². The standard InChI is InChI=1S/C12H20N2/c1-3-7-14-9-10-5-6-13-12(10)8-11(14)4-2/h5-6,11,13H,3-4,7-9H2,1-2H3/t11-/m0/s1. The Labute approximate surface area is 86.3 Å². The van der Waals surface area contributed by atoms with E-state index in [-0.39, 0.29) is 0 Å². The van der Waals surface area contributed by atoms with Gasteiger partial charge in [0, 0.05) is 30.9 Å². The van der Waals surface area contributed by atoms with E-state index in [2.05, 4.69) is 36.0 Å². The first kappa shape index (κ1) is 9.78. The summed E-state index contributed by atoms with van der Waals surface area (Å²) in [6.07, 6.45) is 5.81. The van der Waals surface area contributed by atoms with Gasteiger partial charge in [0.25, 0.3) is 0 Å². The summed E-state index contributed by atoms with van der Waals surface area (Å²) in [5, 5.41) is 0. The van der Waals surface area contributed by atoms with Crippen molar-refractivity contribution in [2.24, 2.45) is 0 Å². The SMILES string of the molecule is CCCN1Cc2cc[nH]c2C[C@@H]1CC. The predicted octanol–water partition coefficient (Wildman–Crippen LogP) is 2.56. The molecule has 78 valence electrons. The Balaban J connectivity index is 2.13. The molecule has 0 amide bonds. The van der Waals surface area contributed by atoms with E-state index in [4.69, 9.17) is 0 Å². The van der Waals surface area contributed by atoms with Crippen molar-refractivity contribution in [2.45, 2.75) is 45.7 Å². The highest BCUT2D eigenvalue weighted by atomic mass is 15.2. The van der Waals surface area contributed by atoms with Crippen LogP contribution in [-0.4, -0.2) is 22.5 Å². The Hall–Kier alpha value is -0.760. The van der Waals surface area contributed by atoms with Crippen molar-refractivity contribution in [3.8, 4) is 0 Å². The van der Waals surface area contributed by atoms with Crippen LogP contribution in [0.2, 0.25) is 0 Å². The normalized spacial score (nSPS) is 22.3. The second-order valence-electron chi connectivity index (χ2n) is 4.22. The highest BCUT2D eigenvalue weighted by molar-refractivity contribution is 5.24. The summed E-state index contributed by atoms with van der Waals surface area (Å²) in [5.41, 5.74) is 2.97. The molecule has 1 aliphatic rings. The Bertz CT molecular complexity index is 290. The first-order valence-corrected chi connectivity index (χ1v) is 5.74. The molecular formula is C12H20N2. The maximum Gasteiger partial charge on any atom is 0.0254 e. The van der Waals surface area contributed by atoms with Crippen LogP contribution in [0.25, 0.3) is 0 Å². The van der Waals surface area contributed by atoms with Gasteiger partial charge in [-0.05, 0) is 31.0 Å². The van der Waals surface area contributed by atoms with Gasteiger partial charge in [0.05, 0.1) is 0 Å². The maximum absolute atomic E-state index is 3.36. The van der Waals surface area contributed by atoms with E-state index in [9.17, 15) is 0 Å². The number of hydrogen-bond acceptors (Lipinski definition) is 1. The van der Waals surface area contributed by atoms with Crippen molar-refractivity contribution in [3.63, 3.8) is 0 Å². The zero-order valence-electron chi connectivity index (χ0n) is 9.21. The number of nitrogens with one attached hydrogen (secondary N) is 1. The number of fused-ring (bicyclic) bond motifs is 1. The number of aromatic nitrogens is 1. The largest absolute Gasteiger partial charge is 0.365 e. The quantitative estimate of drug-likeness (QED) is 0.780. The van der Waals surface area contributed by atoms with E-state index in [0.717, 1.165) is 12.6 Å². The van der Waals surface area contributed by atoms with Gasteiger partial charge < -0.3 is 4.98 Å². The minimum Gasteiger partial charge on any atom is -0.365 e. The molecule has 0 aliphatic carbocycles. The average molecular weight is 192 g/mol. The average Bonchev–Trinajstić information content (AvgIpc) is 2.64. The molecule has 0 radical (unpaired) electrons. The highest BCUT2D eigenvalue weighted by Crippen LogP contribution is 2.23. The van der Waals surface area contributed by atoms with Crippen LogP contribution in [-0.2, 0) is 13.0 Å². The van der Waals surface area contributed by atoms with Crippen LogP contribution in [0.1, 0.15) is 37.9 Å². The van der Waals surface area contributed by atoms with E-state index < -0.39 is 0 Å². The van der Waals surface area contributed by atoms with Gasteiger partial charge in [-0.3, -0.25) is 4.90 Å². The molecule has 0 saturated carbocycles. The van der Waals surface area contributed by atoms with Crippen molar-refractivity contribution in [3.05, 3.63) is 23.5 Å². The van der Waals surface area contributed by atoms with Crippen molar-refractivity contribution in [1.29, 1.82) is 0 Å². The smallest absolute Gasteiger partial charge is 0.0254 e. The van der Waals surface area contributed by atoms with Gasteiger partial charge in [-0.25, -0.2) is 0 Å². The van der Waals surface area contributed by atoms with Gasteiger partial charge in [0.15, 0.2) is 0 Å². The Morgan fingerprint density at radius 3 is 3.07 bits per heavy atom. The molecule has 1 N–H and O–H groups in total. The van der Waals surface area contributed by atoms with E-state index in [1.54, 1.807) is 0 Å². The van der Waals surface area contributed by atoms with Crippen LogP contribution in [0.3, 0.4) is 0 Å². The molecule has 0 spiro atoms. The third kappa shape index (κ3) is 1.71. The molecule has 14 heavy (non-hydrogen) atoms. The zero-order valence-corrected chi connectivity index (χ0v) is 9.21. The third-order valence-electron chi connectivity index (χ3n) is 3.24. The van der Waals surface area contributed by atoms with Crippen LogP contribution < -0.4 is 0 Å². The first-order chi connectivity index (χ1) is 6.85. The number of hydrogen-bond donors (Lipinski definition) is 1. The van der Waals surface area contributed by atoms with Crippen LogP contribution >= 0.6 is 0 Å². The van der Waals surface area contributed by atoms with Crippen molar-refractivity contribution in [1.82, 2.24) is 9.88 Å². The Kier molecular flexibility index (Phi) is 2.92. The first-order valence-electron chi connectivity index (χ1n) is 5.74. The summed E-state index contributed by atoms with van der Waals surface area (Å²) in [5.74, 6) is 0. The topological polar surface area (TPSA) is 19.0 Å². The van der Waals surface area contributed by atoms with Gasteiger partial charge in [-0.15, -0.1) is 0 Å². The summed E-state index contributed by atoms with van der Waals surface area (Å²) in [6.45, 7) is 6.94. The summed E-state index contributed by atoms with van der Waals surface area (Å²) >= 11 is 0. The lowest BCUT2D eigenvalue weighted by Crippen LogP contribution is -2.40. The molecule has 0 bridgehead atoms. The fraction of sp³-hybridized carbons (Fsp3) is 0.667. The lowest BCUT2D eigenvalue weighted by Gasteiger charge is -2.34. The summed E-state index contributed by atoms with van der Waals surface area (Å²) < 4.78 is 0. The summed E-state index contributed by atoms with van der Waals surface area (Å²) in [6, 6.07) is 2.98. The number of rotatable bonds is 3. The van der Waals surface area contributed by atoms with Crippen LogP contribution in [0.5, 0.6) is 0 Å². The fourth-order valence-corrected chi connectivity index (χ4v) is 2.44. The predicted molar refractivity (Wildman–Crippen MR) is 59.3 cm³/mol. The molecule has 2 heterocycles. The second kappa shape index (κ2) is 4.18. The minimum atomic E-state index is 0.751. The number of H-pyrrole nitrogens is 1. The van der Waals surface area contributed by atoms with Gasteiger partial charge >= 0.3 is 0 Å². The fourth-order valence-electron chi connectivity index (χ4n) is 2.44. The zero-order chi connectivity index (χ0) is 9.97. The minimum absolute atomic E-state index is 0.751. The molecule has 0 fully saturated rings. The Morgan fingerprint density at radius 2 is 2.36 bits per heavy atom. The molecule has 2 nitrogen and oxygen atoms in total. The lowest BCUT2D eigenvalue weighted by molar-refractivity contribution is 0.166. The molecule has 1 atom stereocenters. The maximum atomic E-state index is 3.36. The number of nitrogens with zero attached hydrogens (tertiary/aromatic N) is 1. The molecule has 2 heteroatoms. The molecule has 1 aromatic heterocycles. The highest BCUT2D eigenvalue weighted by Gasteiger charge is 2.24. The van der Waals surface area contributed by atoms with Crippen molar-refractivity contribution in [2.75, 3.05) is 6.54 Å². The van der Waals surface area contributed by atoms with Crippen molar-refractivity contribution < 1.29 is 0 Å². The van der Waals surface area contributed by atoms with Gasteiger partial charge in [-0.1, -0.05) is 13.8 Å². The molecule has 0 unspecified atom stereocenters. The number of aromatic amines is 1. The monoisotopic (exact) mass is 192 g/mol. The second-order valence-corrected chi connectivity index (χ2v) is 4.22.